The van der Waals surface area contributed by atoms with E-state index in [0.717, 1.165) is 68.5 Å². The van der Waals surface area contributed by atoms with Gasteiger partial charge in [-0.1, -0.05) is 93.8 Å². The summed E-state index contributed by atoms with van der Waals surface area (Å²) in [6.07, 6.45) is 9.53. The van der Waals surface area contributed by atoms with Crippen molar-refractivity contribution in [3.05, 3.63) is 146 Å². The Morgan fingerprint density at radius 1 is 0.429 bits per heavy atom. The number of rotatable bonds is 11. The summed E-state index contributed by atoms with van der Waals surface area (Å²) in [4.78, 5) is 0. The second-order valence-electron chi connectivity index (χ2n) is 13.8. The van der Waals surface area contributed by atoms with Crippen LogP contribution >= 0.6 is 0 Å². The molecule has 5 aromatic rings. The van der Waals surface area contributed by atoms with E-state index >= 15 is 0 Å². The van der Waals surface area contributed by atoms with Crippen molar-refractivity contribution in [2.45, 2.75) is 90.4 Å². The molecule has 1 saturated carbocycles. The van der Waals surface area contributed by atoms with Gasteiger partial charge in [-0.15, -0.1) is 0 Å². The Morgan fingerprint density at radius 3 is 1.18 bits per heavy atom. The van der Waals surface area contributed by atoms with Crippen molar-refractivity contribution in [3.63, 3.8) is 0 Å². The summed E-state index contributed by atoms with van der Waals surface area (Å²) >= 11 is 0. The van der Waals surface area contributed by atoms with Crippen molar-refractivity contribution < 1.29 is 25.5 Å². The first kappa shape index (κ1) is 34.0. The predicted octanol–water partition coefficient (Wildman–Crippen LogP) is 9.75. The smallest absolute Gasteiger partial charge is 0.122 e. The summed E-state index contributed by atoms with van der Waals surface area (Å²) in [6.45, 7) is 4.08. The Bertz CT molecular complexity index is 1770. The van der Waals surface area contributed by atoms with Gasteiger partial charge in [0.05, 0.1) is 0 Å². The van der Waals surface area contributed by atoms with E-state index in [1.54, 1.807) is 24.3 Å². The maximum absolute atomic E-state index is 11.9. The van der Waals surface area contributed by atoms with Gasteiger partial charge in [0, 0.05) is 25.7 Å². The lowest BCUT2D eigenvalue weighted by Crippen LogP contribution is -2.07. The molecular weight excluding hydrogens is 608 g/mol. The Kier molecular flexibility index (Phi) is 10.5. The van der Waals surface area contributed by atoms with E-state index in [1.165, 1.54) is 24.8 Å². The van der Waals surface area contributed by atoms with Crippen molar-refractivity contribution in [1.82, 2.24) is 0 Å². The van der Waals surface area contributed by atoms with Crippen LogP contribution in [-0.2, 0) is 38.5 Å². The molecule has 0 atom stereocenters. The van der Waals surface area contributed by atoms with Gasteiger partial charge in [-0.3, -0.25) is 0 Å². The van der Waals surface area contributed by atoms with Crippen molar-refractivity contribution >= 4 is 0 Å². The largest absolute Gasteiger partial charge is 0.508 e. The highest BCUT2D eigenvalue weighted by atomic mass is 16.3. The summed E-state index contributed by atoms with van der Waals surface area (Å²) in [5.41, 5.74) is 10.6. The SMILES string of the molecule is CCc1cc(Cc2cc(C3CCCCC3)cc(Cc3cc(CC)c(O)c(Cc4ccc(O)cc4)c3)c2O)cc(Cc2ccc(O)cc2)c1O. The molecule has 1 fully saturated rings. The molecule has 5 aromatic carbocycles. The molecule has 5 heteroatoms. The van der Waals surface area contributed by atoms with E-state index in [0.29, 0.717) is 61.7 Å². The highest BCUT2D eigenvalue weighted by Gasteiger charge is 2.21. The van der Waals surface area contributed by atoms with Crippen molar-refractivity contribution in [2.24, 2.45) is 0 Å². The summed E-state index contributed by atoms with van der Waals surface area (Å²) in [7, 11) is 0. The molecule has 254 valence electrons. The van der Waals surface area contributed by atoms with Gasteiger partial charge < -0.3 is 25.5 Å². The van der Waals surface area contributed by atoms with Crippen LogP contribution in [0.2, 0.25) is 0 Å². The van der Waals surface area contributed by atoms with Crippen LogP contribution in [0, 0.1) is 0 Å². The minimum atomic E-state index is 0.215. The van der Waals surface area contributed by atoms with Gasteiger partial charge in [-0.05, 0) is 117 Å². The van der Waals surface area contributed by atoms with E-state index < -0.39 is 0 Å². The lowest BCUT2D eigenvalue weighted by molar-refractivity contribution is 0.439. The number of aryl methyl sites for hydroxylation is 2. The molecule has 0 aliphatic heterocycles. The highest BCUT2D eigenvalue weighted by Crippen LogP contribution is 2.39. The quantitative estimate of drug-likeness (QED) is 0.0975. The van der Waals surface area contributed by atoms with E-state index in [1.807, 2.05) is 38.1 Å². The average molecular weight is 657 g/mol. The molecular formula is C44H48O5. The Morgan fingerprint density at radius 2 is 0.776 bits per heavy atom. The zero-order valence-electron chi connectivity index (χ0n) is 28.7. The molecule has 0 unspecified atom stereocenters. The second kappa shape index (κ2) is 15.1. The fourth-order valence-corrected chi connectivity index (χ4v) is 7.51. The van der Waals surface area contributed by atoms with Gasteiger partial charge in [-0.25, -0.2) is 0 Å². The summed E-state index contributed by atoms with van der Waals surface area (Å²) < 4.78 is 0. The minimum Gasteiger partial charge on any atom is -0.508 e. The number of hydrogen-bond donors (Lipinski definition) is 5. The first-order valence-corrected chi connectivity index (χ1v) is 17.8. The van der Waals surface area contributed by atoms with Gasteiger partial charge in [0.2, 0.25) is 0 Å². The normalized spacial score (nSPS) is 13.5. The highest BCUT2D eigenvalue weighted by molar-refractivity contribution is 5.53. The maximum Gasteiger partial charge on any atom is 0.122 e. The average Bonchev–Trinajstić information content (AvgIpc) is 3.11. The summed E-state index contributed by atoms with van der Waals surface area (Å²) in [6, 6.07) is 26.8. The topological polar surface area (TPSA) is 101 Å². The molecule has 49 heavy (non-hydrogen) atoms. The Hall–Kier alpha value is -4.90. The molecule has 1 aliphatic rings. The third kappa shape index (κ3) is 8.05. The monoisotopic (exact) mass is 656 g/mol. The number of phenolic OH excluding ortho intramolecular Hbond substituents is 5. The van der Waals surface area contributed by atoms with Crippen LogP contribution < -0.4 is 0 Å². The number of benzene rings is 5. The van der Waals surface area contributed by atoms with Gasteiger partial charge >= 0.3 is 0 Å². The lowest BCUT2D eigenvalue weighted by atomic mass is 9.81. The third-order valence-electron chi connectivity index (χ3n) is 10.2. The molecule has 1 aliphatic carbocycles. The van der Waals surface area contributed by atoms with Crippen molar-refractivity contribution in [2.75, 3.05) is 0 Å². The van der Waals surface area contributed by atoms with Gasteiger partial charge in [0.1, 0.15) is 28.7 Å². The van der Waals surface area contributed by atoms with Crippen molar-refractivity contribution in [1.29, 1.82) is 0 Å². The van der Waals surface area contributed by atoms with E-state index in [-0.39, 0.29) is 11.5 Å². The minimum absolute atomic E-state index is 0.215. The van der Waals surface area contributed by atoms with Crippen LogP contribution in [-0.4, -0.2) is 25.5 Å². The van der Waals surface area contributed by atoms with E-state index in [2.05, 4.69) is 36.4 Å². The molecule has 5 N–H and O–H groups in total. The molecule has 0 aromatic heterocycles. The predicted molar refractivity (Wildman–Crippen MR) is 196 cm³/mol. The molecule has 0 spiro atoms. The van der Waals surface area contributed by atoms with Gasteiger partial charge in [-0.2, -0.15) is 0 Å². The fraction of sp³-hybridized carbons (Fsp3) is 0.318. The fourth-order valence-electron chi connectivity index (χ4n) is 7.51. The van der Waals surface area contributed by atoms with Crippen LogP contribution in [0.4, 0.5) is 0 Å². The van der Waals surface area contributed by atoms with Crippen molar-refractivity contribution in [3.8, 4) is 28.7 Å². The van der Waals surface area contributed by atoms with Crippen LogP contribution in [0.15, 0.2) is 84.9 Å². The number of phenols is 5. The molecule has 5 nitrogen and oxygen atoms in total. The van der Waals surface area contributed by atoms with E-state index in [4.69, 9.17) is 0 Å². The zero-order chi connectivity index (χ0) is 34.5. The van der Waals surface area contributed by atoms with E-state index in [9.17, 15) is 25.5 Å². The van der Waals surface area contributed by atoms with Crippen LogP contribution in [0.1, 0.15) is 113 Å². The third-order valence-corrected chi connectivity index (χ3v) is 10.2. The number of aromatic hydroxyl groups is 5. The molecule has 0 bridgehead atoms. The molecule has 0 saturated heterocycles. The van der Waals surface area contributed by atoms with Crippen LogP contribution in [0.25, 0.3) is 0 Å². The maximum atomic E-state index is 11.9. The summed E-state index contributed by atoms with van der Waals surface area (Å²) in [5, 5.41) is 53.7. The molecule has 0 heterocycles. The first-order valence-electron chi connectivity index (χ1n) is 17.8. The van der Waals surface area contributed by atoms with Gasteiger partial charge in [0.25, 0.3) is 0 Å². The van der Waals surface area contributed by atoms with Crippen LogP contribution in [0.3, 0.4) is 0 Å². The summed E-state index contributed by atoms with van der Waals surface area (Å²) in [5.74, 6) is 1.81. The van der Waals surface area contributed by atoms with Crippen LogP contribution in [0.5, 0.6) is 28.7 Å². The number of hydrogen-bond acceptors (Lipinski definition) is 5. The standard InChI is InChI=1S/C44H48O5/c1-3-32-20-30(22-36(42(32)47)18-28-10-14-40(45)15-11-28)24-38-26-35(34-8-6-5-7-9-34)27-39(44(38)49)25-31-21-33(4-2)43(48)37(23-31)19-29-12-16-41(46)17-13-29/h10-17,20-23,26-27,34,45-49H,3-9,18-19,24-25H2,1-2H3. The second-order valence-corrected chi connectivity index (χ2v) is 13.8. The Labute approximate surface area is 290 Å². The zero-order valence-corrected chi connectivity index (χ0v) is 28.7. The lowest BCUT2D eigenvalue weighted by Gasteiger charge is -2.24. The molecule has 0 radical (unpaired) electrons. The first-order chi connectivity index (χ1) is 23.7. The Balaban J connectivity index is 1.37. The molecule has 6 rings (SSSR count). The van der Waals surface area contributed by atoms with Gasteiger partial charge in [0.15, 0.2) is 0 Å². The molecule has 0 amide bonds.